The van der Waals surface area contributed by atoms with Gasteiger partial charge in [0.05, 0.1) is 0 Å². The van der Waals surface area contributed by atoms with Crippen LogP contribution in [-0.2, 0) is 0 Å². The second kappa shape index (κ2) is 2.05. The van der Waals surface area contributed by atoms with Crippen LogP contribution in [0.25, 0.3) is 0 Å². The highest BCUT2D eigenvalue weighted by molar-refractivity contribution is 5.18. The van der Waals surface area contributed by atoms with E-state index >= 15 is 0 Å². The average Bonchev–Trinajstić information content (AvgIpc) is 2.43. The summed E-state index contributed by atoms with van der Waals surface area (Å²) >= 11 is 0. The summed E-state index contributed by atoms with van der Waals surface area (Å²) in [6.45, 7) is 0. The zero-order valence-electron chi connectivity index (χ0n) is 6.30. The highest BCUT2D eigenvalue weighted by Gasteiger charge is 2.63. The van der Waals surface area contributed by atoms with Gasteiger partial charge >= 0.3 is 6.11 Å². The van der Waals surface area contributed by atoms with Gasteiger partial charge in [-0.05, 0) is 18.8 Å². The Kier molecular flexibility index (Phi) is 1.38. The second-order valence-electron chi connectivity index (χ2n) is 3.60. The van der Waals surface area contributed by atoms with Crippen molar-refractivity contribution in [1.82, 2.24) is 0 Å². The molecular weight excluding hydrogens is 169 g/mol. The molecule has 2 bridgehead atoms. The molecule has 1 N–H and O–H groups in total. The van der Waals surface area contributed by atoms with Crippen molar-refractivity contribution in [2.45, 2.75) is 24.6 Å². The number of alkyl halides is 3. The molecular formula is C8H9F3O. The van der Waals surface area contributed by atoms with Crippen LogP contribution in [0.2, 0.25) is 0 Å². The van der Waals surface area contributed by atoms with Crippen LogP contribution < -0.4 is 0 Å². The third-order valence-corrected chi connectivity index (χ3v) is 2.82. The Morgan fingerprint density at radius 1 is 1.42 bits per heavy atom. The fraction of sp³-hybridized carbons (Fsp3) is 0.750. The zero-order valence-corrected chi connectivity index (χ0v) is 6.30. The van der Waals surface area contributed by atoms with Crippen LogP contribution in [0, 0.1) is 11.8 Å². The molecule has 3 atom stereocenters. The molecule has 0 amide bonds. The van der Waals surface area contributed by atoms with E-state index in [1.165, 1.54) is 6.08 Å². The molecule has 1 saturated carbocycles. The van der Waals surface area contributed by atoms with Crippen molar-refractivity contribution in [1.29, 1.82) is 0 Å². The van der Waals surface area contributed by atoms with E-state index in [-0.39, 0.29) is 12.3 Å². The molecule has 2 aliphatic rings. The molecule has 2 rings (SSSR count). The predicted molar refractivity (Wildman–Crippen MR) is 36.4 cm³/mol. The van der Waals surface area contributed by atoms with E-state index in [2.05, 4.69) is 0 Å². The molecule has 0 aromatic carbocycles. The van der Waals surface area contributed by atoms with Crippen molar-refractivity contribution in [3.8, 4) is 0 Å². The van der Waals surface area contributed by atoms with E-state index in [9.17, 15) is 13.2 Å². The van der Waals surface area contributed by atoms with Crippen LogP contribution >= 0.6 is 0 Å². The number of hydrogen-bond acceptors (Lipinski definition) is 1. The lowest BCUT2D eigenvalue weighted by Gasteiger charge is -2.30. The molecule has 0 heterocycles. The Hall–Kier alpha value is -0.510. The summed E-state index contributed by atoms with van der Waals surface area (Å²) in [6.07, 6.45) is -0.853. The molecule has 68 valence electrons. The molecule has 0 spiro atoms. The van der Waals surface area contributed by atoms with E-state index in [1.807, 2.05) is 0 Å². The monoisotopic (exact) mass is 178 g/mol. The van der Waals surface area contributed by atoms with Crippen molar-refractivity contribution in [3.63, 3.8) is 0 Å². The van der Waals surface area contributed by atoms with Gasteiger partial charge in [-0.3, -0.25) is 0 Å². The van der Waals surface area contributed by atoms with E-state index in [4.69, 9.17) is 5.11 Å². The first-order chi connectivity index (χ1) is 5.43. The smallest absolute Gasteiger partial charge is 0.334 e. The first-order valence-electron chi connectivity index (χ1n) is 3.91. The first-order valence-corrected chi connectivity index (χ1v) is 3.91. The first kappa shape index (κ1) is 8.10. The number of aliphatic hydroxyl groups is 1. The minimum absolute atomic E-state index is 0.113. The van der Waals surface area contributed by atoms with Crippen LogP contribution in [0.1, 0.15) is 12.8 Å². The molecule has 1 fully saturated rings. The molecule has 0 aliphatic heterocycles. The number of halogens is 3. The van der Waals surface area contributed by atoms with Crippen molar-refractivity contribution in [3.05, 3.63) is 12.2 Å². The molecule has 0 aromatic heterocycles. The van der Waals surface area contributed by atoms with Gasteiger partial charge in [-0.25, -0.2) is 4.39 Å². The number of allylic oxidation sites excluding steroid dienone is 2. The maximum atomic E-state index is 13.5. The van der Waals surface area contributed by atoms with Gasteiger partial charge in [0.1, 0.15) is 0 Å². The number of fused-ring (bicyclic) bond motifs is 2. The summed E-state index contributed by atoms with van der Waals surface area (Å²) in [6, 6.07) is 0. The molecule has 12 heavy (non-hydrogen) atoms. The molecule has 4 heteroatoms. The highest BCUT2D eigenvalue weighted by atomic mass is 19.3. The van der Waals surface area contributed by atoms with Gasteiger partial charge in [-0.15, -0.1) is 0 Å². The van der Waals surface area contributed by atoms with Gasteiger partial charge in [0.2, 0.25) is 5.67 Å². The lowest BCUT2D eigenvalue weighted by molar-refractivity contribution is -0.289. The quantitative estimate of drug-likeness (QED) is 0.608. The minimum atomic E-state index is -4.20. The summed E-state index contributed by atoms with van der Waals surface area (Å²) in [5, 5.41) is 8.36. The summed E-state index contributed by atoms with van der Waals surface area (Å²) in [4.78, 5) is 0. The fourth-order valence-corrected chi connectivity index (χ4v) is 2.14. The molecule has 0 saturated heterocycles. The average molecular weight is 178 g/mol. The Bertz CT molecular complexity index is 233. The van der Waals surface area contributed by atoms with Crippen LogP contribution in [0.3, 0.4) is 0 Å². The Balaban J connectivity index is 2.30. The summed E-state index contributed by atoms with van der Waals surface area (Å²) < 4.78 is 38.3. The summed E-state index contributed by atoms with van der Waals surface area (Å²) in [5.41, 5.74) is -2.72. The van der Waals surface area contributed by atoms with Gasteiger partial charge in [-0.1, -0.05) is 12.2 Å². The van der Waals surface area contributed by atoms with Crippen LogP contribution in [0.5, 0.6) is 0 Å². The normalized spacial score (nSPS) is 45.7. The highest BCUT2D eigenvalue weighted by Crippen LogP contribution is 2.54. The van der Waals surface area contributed by atoms with E-state index in [0.29, 0.717) is 6.42 Å². The minimum Gasteiger partial charge on any atom is -0.334 e. The third-order valence-electron chi connectivity index (χ3n) is 2.82. The number of rotatable bonds is 1. The van der Waals surface area contributed by atoms with Crippen LogP contribution in [0.15, 0.2) is 12.2 Å². The number of hydrogen-bond donors (Lipinski definition) is 1. The van der Waals surface area contributed by atoms with Crippen molar-refractivity contribution >= 4 is 0 Å². The standard InChI is InChI=1S/C8H9F3O/c9-7(8(10,11)12)4-5-1-2-6(7)3-5/h1-2,5-6,12H,3-4H2. The van der Waals surface area contributed by atoms with Gasteiger partial charge in [-0.2, -0.15) is 8.78 Å². The van der Waals surface area contributed by atoms with Gasteiger partial charge in [0.15, 0.2) is 0 Å². The third kappa shape index (κ3) is 0.843. The van der Waals surface area contributed by atoms with Gasteiger partial charge in [0.25, 0.3) is 0 Å². The largest absolute Gasteiger partial charge is 0.387 e. The van der Waals surface area contributed by atoms with Crippen LogP contribution in [-0.4, -0.2) is 16.9 Å². The SMILES string of the molecule is OC(F)(F)C1(F)CC2C=CC1C2. The van der Waals surface area contributed by atoms with E-state index < -0.39 is 17.7 Å². The van der Waals surface area contributed by atoms with Crippen molar-refractivity contribution in [2.75, 3.05) is 0 Å². The molecule has 1 nitrogen and oxygen atoms in total. The molecule has 2 aliphatic carbocycles. The maximum Gasteiger partial charge on any atom is 0.387 e. The van der Waals surface area contributed by atoms with Crippen LogP contribution in [0.4, 0.5) is 13.2 Å². The lowest BCUT2D eigenvalue weighted by atomic mass is 9.89. The second-order valence-corrected chi connectivity index (χ2v) is 3.60. The maximum absolute atomic E-state index is 13.5. The summed E-state index contributed by atoms with van der Waals surface area (Å²) in [7, 11) is 0. The van der Waals surface area contributed by atoms with Gasteiger partial charge < -0.3 is 5.11 Å². The zero-order chi connectivity index (χ0) is 8.98. The topological polar surface area (TPSA) is 20.2 Å². The van der Waals surface area contributed by atoms with Crippen molar-refractivity contribution < 1.29 is 18.3 Å². The van der Waals surface area contributed by atoms with E-state index in [0.717, 1.165) is 0 Å². The molecule has 3 unspecified atom stereocenters. The predicted octanol–water partition coefficient (Wildman–Crippen LogP) is 1.88. The summed E-state index contributed by atoms with van der Waals surface area (Å²) in [5.74, 6) is -0.916. The Labute approximate surface area is 67.9 Å². The Morgan fingerprint density at radius 2 is 2.08 bits per heavy atom. The lowest BCUT2D eigenvalue weighted by Crippen LogP contribution is -2.47. The van der Waals surface area contributed by atoms with Gasteiger partial charge in [0, 0.05) is 5.92 Å². The molecule has 0 radical (unpaired) electrons. The molecule has 0 aromatic rings. The van der Waals surface area contributed by atoms with E-state index in [1.54, 1.807) is 6.08 Å². The van der Waals surface area contributed by atoms with Crippen molar-refractivity contribution in [2.24, 2.45) is 11.8 Å². The Morgan fingerprint density at radius 3 is 2.33 bits per heavy atom. The fourth-order valence-electron chi connectivity index (χ4n) is 2.14.